The molecule has 0 spiro atoms. The van der Waals surface area contributed by atoms with E-state index in [0.717, 1.165) is 11.1 Å². The standard InChI is InChI=1S/C22H20BrClN4O3/c1-2-16(18(25)22(30)31-12-13-6-4-3-5-7-13)21(29)26-20-17(23)19(27-28-20)14-8-10-15(24)11-9-14/h3-11,16,25H,2,12H2,1H3,(H2,26,27,28,29). The number of amides is 1. The Morgan fingerprint density at radius 2 is 1.87 bits per heavy atom. The fourth-order valence-electron chi connectivity index (χ4n) is 2.88. The van der Waals surface area contributed by atoms with E-state index < -0.39 is 23.5 Å². The summed E-state index contributed by atoms with van der Waals surface area (Å²) in [6.45, 7) is 1.76. The number of rotatable bonds is 8. The van der Waals surface area contributed by atoms with E-state index in [1.165, 1.54) is 0 Å². The third-order valence-corrected chi connectivity index (χ3v) is 5.60. The summed E-state index contributed by atoms with van der Waals surface area (Å²) in [4.78, 5) is 25.1. The number of hydrogen-bond acceptors (Lipinski definition) is 5. The van der Waals surface area contributed by atoms with Crippen molar-refractivity contribution < 1.29 is 14.3 Å². The molecule has 3 N–H and O–H groups in total. The van der Waals surface area contributed by atoms with Crippen LogP contribution in [0, 0.1) is 11.3 Å². The van der Waals surface area contributed by atoms with E-state index in [1.807, 2.05) is 42.5 Å². The summed E-state index contributed by atoms with van der Waals surface area (Å²) in [5, 5.41) is 18.4. The zero-order valence-electron chi connectivity index (χ0n) is 16.6. The Kier molecular flexibility index (Phi) is 7.59. The molecule has 1 atom stereocenters. The Balaban J connectivity index is 1.66. The van der Waals surface area contributed by atoms with Gasteiger partial charge in [-0.25, -0.2) is 4.79 Å². The first-order valence-electron chi connectivity index (χ1n) is 9.50. The molecule has 3 aromatic rings. The smallest absolute Gasteiger partial charge is 0.353 e. The summed E-state index contributed by atoms with van der Waals surface area (Å²) >= 11 is 9.36. The first-order valence-corrected chi connectivity index (χ1v) is 10.7. The molecular weight excluding hydrogens is 484 g/mol. The Bertz CT molecular complexity index is 1080. The van der Waals surface area contributed by atoms with Crippen molar-refractivity contribution in [2.75, 3.05) is 5.32 Å². The van der Waals surface area contributed by atoms with Crippen LogP contribution >= 0.6 is 27.5 Å². The lowest BCUT2D eigenvalue weighted by Crippen LogP contribution is -2.34. The number of aromatic nitrogens is 2. The van der Waals surface area contributed by atoms with Crippen molar-refractivity contribution in [2.45, 2.75) is 20.0 Å². The van der Waals surface area contributed by atoms with Gasteiger partial charge in [0.05, 0.1) is 10.4 Å². The van der Waals surface area contributed by atoms with E-state index in [-0.39, 0.29) is 13.0 Å². The van der Waals surface area contributed by atoms with Gasteiger partial charge in [0.15, 0.2) is 0 Å². The fraction of sp³-hybridized carbons (Fsp3) is 0.182. The van der Waals surface area contributed by atoms with Crippen LogP contribution in [0.2, 0.25) is 5.02 Å². The Hall–Kier alpha value is -2.97. The zero-order chi connectivity index (χ0) is 22.4. The molecule has 7 nitrogen and oxygen atoms in total. The molecule has 31 heavy (non-hydrogen) atoms. The van der Waals surface area contributed by atoms with Crippen LogP contribution in [0.5, 0.6) is 0 Å². The van der Waals surface area contributed by atoms with Gasteiger partial charge in [0.1, 0.15) is 23.8 Å². The number of H-pyrrole nitrogens is 1. The maximum atomic E-state index is 12.8. The second-order valence-corrected chi connectivity index (χ2v) is 7.92. The number of halogens is 2. The Morgan fingerprint density at radius 3 is 2.52 bits per heavy atom. The minimum Gasteiger partial charge on any atom is -0.456 e. The summed E-state index contributed by atoms with van der Waals surface area (Å²) in [7, 11) is 0. The van der Waals surface area contributed by atoms with E-state index in [9.17, 15) is 9.59 Å². The topological polar surface area (TPSA) is 108 Å². The molecular formula is C22H20BrClN4O3. The number of nitrogens with zero attached hydrogens (tertiary/aromatic N) is 1. The molecule has 3 rings (SSSR count). The van der Waals surface area contributed by atoms with Crippen LogP contribution in [-0.2, 0) is 20.9 Å². The average molecular weight is 504 g/mol. The van der Waals surface area contributed by atoms with Crippen molar-refractivity contribution in [1.29, 1.82) is 5.41 Å². The molecule has 2 aromatic carbocycles. The van der Waals surface area contributed by atoms with Gasteiger partial charge in [-0.3, -0.25) is 15.3 Å². The summed E-state index contributed by atoms with van der Waals surface area (Å²) < 4.78 is 5.74. The third-order valence-electron chi connectivity index (χ3n) is 4.58. The van der Waals surface area contributed by atoms with Crippen LogP contribution in [0.3, 0.4) is 0 Å². The molecule has 1 heterocycles. The third kappa shape index (κ3) is 5.59. The quantitative estimate of drug-likeness (QED) is 0.289. The second-order valence-electron chi connectivity index (χ2n) is 6.69. The predicted molar refractivity (Wildman–Crippen MR) is 123 cm³/mol. The monoisotopic (exact) mass is 502 g/mol. The van der Waals surface area contributed by atoms with Crippen LogP contribution in [0.4, 0.5) is 5.82 Å². The highest BCUT2D eigenvalue weighted by molar-refractivity contribution is 9.10. The normalized spacial score (nSPS) is 11.6. The van der Waals surface area contributed by atoms with E-state index in [0.29, 0.717) is 21.0 Å². The molecule has 9 heteroatoms. The molecule has 1 amide bonds. The lowest BCUT2D eigenvalue weighted by molar-refractivity contribution is -0.137. The van der Waals surface area contributed by atoms with Gasteiger partial charge in [0.2, 0.25) is 5.91 Å². The largest absolute Gasteiger partial charge is 0.456 e. The van der Waals surface area contributed by atoms with Crippen LogP contribution in [0.1, 0.15) is 18.9 Å². The molecule has 1 unspecified atom stereocenters. The highest BCUT2D eigenvalue weighted by atomic mass is 79.9. The van der Waals surface area contributed by atoms with E-state index in [4.69, 9.17) is 21.7 Å². The molecule has 0 saturated carbocycles. The zero-order valence-corrected chi connectivity index (χ0v) is 19.0. The van der Waals surface area contributed by atoms with Gasteiger partial charge in [-0.15, -0.1) is 0 Å². The first kappa shape index (κ1) is 22.7. The van der Waals surface area contributed by atoms with Gasteiger partial charge >= 0.3 is 5.97 Å². The molecule has 0 bridgehead atoms. The minimum absolute atomic E-state index is 0.0383. The number of carbonyl (C=O) groups is 2. The molecule has 0 saturated heterocycles. The van der Waals surface area contributed by atoms with Crippen molar-refractivity contribution >= 4 is 50.9 Å². The summed E-state index contributed by atoms with van der Waals surface area (Å²) in [6, 6.07) is 16.2. The van der Waals surface area contributed by atoms with Crippen molar-refractivity contribution in [2.24, 2.45) is 5.92 Å². The van der Waals surface area contributed by atoms with Crippen LogP contribution < -0.4 is 5.32 Å². The number of esters is 1. The lowest BCUT2D eigenvalue weighted by Gasteiger charge is -2.15. The average Bonchev–Trinajstić information content (AvgIpc) is 3.13. The number of nitrogens with one attached hydrogen (secondary N) is 3. The van der Waals surface area contributed by atoms with E-state index in [2.05, 4.69) is 31.4 Å². The molecule has 0 aliphatic heterocycles. The number of anilines is 1. The minimum atomic E-state index is -0.961. The molecule has 0 radical (unpaired) electrons. The molecule has 0 fully saturated rings. The number of benzene rings is 2. The summed E-state index contributed by atoms with van der Waals surface area (Å²) in [5.74, 6) is -1.95. The van der Waals surface area contributed by atoms with E-state index >= 15 is 0 Å². The van der Waals surface area contributed by atoms with Crippen LogP contribution in [0.25, 0.3) is 11.3 Å². The van der Waals surface area contributed by atoms with Gasteiger partial charge < -0.3 is 10.1 Å². The number of hydrogen-bond donors (Lipinski definition) is 3. The van der Waals surface area contributed by atoms with Crippen LogP contribution in [-0.4, -0.2) is 27.8 Å². The Morgan fingerprint density at radius 1 is 1.19 bits per heavy atom. The first-order chi connectivity index (χ1) is 14.9. The van der Waals surface area contributed by atoms with Crippen molar-refractivity contribution in [3.8, 4) is 11.3 Å². The molecule has 1 aromatic heterocycles. The van der Waals surface area contributed by atoms with E-state index in [1.54, 1.807) is 19.1 Å². The SMILES string of the molecule is CCC(C(=N)C(=O)OCc1ccccc1)C(=O)Nc1[nH]nc(-c2ccc(Cl)cc2)c1Br. The van der Waals surface area contributed by atoms with Gasteiger partial charge in [-0.1, -0.05) is 61.0 Å². The summed E-state index contributed by atoms with van der Waals surface area (Å²) in [5.41, 5.74) is 1.80. The maximum Gasteiger partial charge on any atom is 0.353 e. The van der Waals surface area contributed by atoms with Gasteiger partial charge in [-0.05, 0) is 40.0 Å². The Labute approximate surface area is 192 Å². The van der Waals surface area contributed by atoms with Gasteiger partial charge in [0, 0.05) is 10.6 Å². The number of carbonyl (C=O) groups excluding carboxylic acids is 2. The van der Waals surface area contributed by atoms with Gasteiger partial charge in [-0.2, -0.15) is 5.10 Å². The second kappa shape index (κ2) is 10.4. The highest BCUT2D eigenvalue weighted by Gasteiger charge is 2.29. The predicted octanol–water partition coefficient (Wildman–Crippen LogP) is 5.22. The number of ether oxygens (including phenoxy) is 1. The molecule has 160 valence electrons. The highest BCUT2D eigenvalue weighted by Crippen LogP contribution is 2.32. The van der Waals surface area contributed by atoms with Crippen molar-refractivity contribution in [3.05, 3.63) is 69.7 Å². The van der Waals surface area contributed by atoms with Crippen molar-refractivity contribution in [1.82, 2.24) is 10.2 Å². The van der Waals surface area contributed by atoms with Crippen molar-refractivity contribution in [3.63, 3.8) is 0 Å². The maximum absolute atomic E-state index is 12.8. The van der Waals surface area contributed by atoms with Gasteiger partial charge in [0.25, 0.3) is 0 Å². The lowest BCUT2D eigenvalue weighted by atomic mass is 9.99. The number of aromatic amines is 1. The molecule has 0 aliphatic carbocycles. The molecule has 0 aliphatic rings. The summed E-state index contributed by atoms with van der Waals surface area (Å²) in [6.07, 6.45) is 0.265. The van der Waals surface area contributed by atoms with Crippen LogP contribution in [0.15, 0.2) is 59.1 Å². The fourth-order valence-corrected chi connectivity index (χ4v) is 3.52.